The van der Waals surface area contributed by atoms with E-state index in [1.807, 2.05) is 19.1 Å². The van der Waals surface area contributed by atoms with Gasteiger partial charge in [0, 0.05) is 25.7 Å². The number of likely N-dealkylation sites (tertiary alicyclic amines) is 2. The molecule has 0 aromatic heterocycles. The molecule has 2 saturated heterocycles. The van der Waals surface area contributed by atoms with E-state index in [0.717, 1.165) is 57.3 Å². The third kappa shape index (κ3) is 6.03. The maximum absolute atomic E-state index is 12.8. The molecule has 7 heteroatoms. The first kappa shape index (κ1) is 22.2. The van der Waals surface area contributed by atoms with E-state index in [4.69, 9.17) is 0 Å². The van der Waals surface area contributed by atoms with Gasteiger partial charge in [0.15, 0.2) is 0 Å². The van der Waals surface area contributed by atoms with E-state index in [1.54, 1.807) is 12.1 Å². The van der Waals surface area contributed by atoms with Crippen molar-refractivity contribution in [3.05, 3.63) is 29.8 Å². The number of rotatable bonds is 7. The van der Waals surface area contributed by atoms with Crippen LogP contribution in [0.4, 0.5) is 0 Å². The predicted octanol–water partition coefficient (Wildman–Crippen LogP) is 2.78. The van der Waals surface area contributed by atoms with Crippen molar-refractivity contribution in [1.29, 1.82) is 0 Å². The molecule has 29 heavy (non-hydrogen) atoms. The summed E-state index contributed by atoms with van der Waals surface area (Å²) in [5, 5.41) is 0. The summed E-state index contributed by atoms with van der Waals surface area (Å²) in [5.41, 5.74) is 1.04. The lowest BCUT2D eigenvalue weighted by Crippen LogP contribution is -2.50. The monoisotopic (exact) mass is 421 g/mol. The summed E-state index contributed by atoms with van der Waals surface area (Å²) in [4.78, 5) is 17.4. The molecule has 0 radical (unpaired) electrons. The van der Waals surface area contributed by atoms with Crippen LogP contribution >= 0.6 is 0 Å². The molecule has 2 fully saturated rings. The van der Waals surface area contributed by atoms with Crippen molar-refractivity contribution in [1.82, 2.24) is 14.5 Å². The Morgan fingerprint density at radius 3 is 2.59 bits per heavy atom. The molecule has 0 bridgehead atoms. The highest BCUT2D eigenvalue weighted by Gasteiger charge is 2.29. The van der Waals surface area contributed by atoms with E-state index in [9.17, 15) is 13.2 Å². The molecule has 1 aromatic carbocycles. The number of benzene rings is 1. The van der Waals surface area contributed by atoms with Crippen molar-refractivity contribution < 1.29 is 13.2 Å². The number of hydrogen-bond acceptors (Lipinski definition) is 4. The van der Waals surface area contributed by atoms with Crippen LogP contribution in [0.2, 0.25) is 0 Å². The van der Waals surface area contributed by atoms with Crippen molar-refractivity contribution in [3.63, 3.8) is 0 Å². The molecular weight excluding hydrogens is 386 g/mol. The standard InChI is InChI=1S/C22H35N3O3S/c1-3-20-8-4-5-14-25(20)22(26)17-24-13-6-7-19(16-24)15-23-29(27,28)21-11-9-18(2)10-12-21/h9-12,19-20,23H,3-8,13-17H2,1-2H3. The number of aryl methyl sites for hydroxylation is 1. The Morgan fingerprint density at radius 1 is 1.10 bits per heavy atom. The minimum atomic E-state index is -3.49. The number of nitrogens with one attached hydrogen (secondary N) is 1. The highest BCUT2D eigenvalue weighted by molar-refractivity contribution is 7.89. The number of sulfonamides is 1. The molecule has 0 saturated carbocycles. The second kappa shape index (κ2) is 10.0. The molecule has 0 spiro atoms. The van der Waals surface area contributed by atoms with E-state index in [1.165, 1.54) is 6.42 Å². The summed E-state index contributed by atoms with van der Waals surface area (Å²) < 4.78 is 27.8. The van der Waals surface area contributed by atoms with Crippen LogP contribution in [-0.4, -0.2) is 62.9 Å². The van der Waals surface area contributed by atoms with Gasteiger partial charge >= 0.3 is 0 Å². The summed E-state index contributed by atoms with van der Waals surface area (Å²) in [5.74, 6) is 0.470. The van der Waals surface area contributed by atoms with Gasteiger partial charge in [-0.05, 0) is 70.0 Å². The molecule has 2 heterocycles. The Bertz CT molecular complexity index is 779. The van der Waals surface area contributed by atoms with E-state index in [0.29, 0.717) is 24.0 Å². The van der Waals surface area contributed by atoms with Gasteiger partial charge in [0.05, 0.1) is 11.4 Å². The fourth-order valence-electron chi connectivity index (χ4n) is 4.53. The van der Waals surface area contributed by atoms with Crippen molar-refractivity contribution >= 4 is 15.9 Å². The van der Waals surface area contributed by atoms with Gasteiger partial charge in [-0.2, -0.15) is 0 Å². The van der Waals surface area contributed by atoms with Crippen LogP contribution in [0, 0.1) is 12.8 Å². The first-order chi connectivity index (χ1) is 13.9. The van der Waals surface area contributed by atoms with Crippen LogP contribution in [-0.2, 0) is 14.8 Å². The maximum atomic E-state index is 12.8. The average Bonchev–Trinajstić information content (AvgIpc) is 2.73. The smallest absolute Gasteiger partial charge is 0.240 e. The van der Waals surface area contributed by atoms with Crippen LogP contribution in [0.15, 0.2) is 29.2 Å². The van der Waals surface area contributed by atoms with Crippen molar-refractivity contribution in [2.45, 2.75) is 63.3 Å². The molecule has 1 amide bonds. The average molecular weight is 422 g/mol. The van der Waals surface area contributed by atoms with Gasteiger partial charge in [0.1, 0.15) is 0 Å². The lowest BCUT2D eigenvalue weighted by Gasteiger charge is -2.38. The number of nitrogens with zero attached hydrogens (tertiary/aromatic N) is 2. The molecule has 2 atom stereocenters. The highest BCUT2D eigenvalue weighted by Crippen LogP contribution is 2.21. The van der Waals surface area contributed by atoms with Crippen LogP contribution in [0.1, 0.15) is 51.0 Å². The van der Waals surface area contributed by atoms with Gasteiger partial charge in [-0.15, -0.1) is 0 Å². The number of amides is 1. The minimum absolute atomic E-state index is 0.234. The van der Waals surface area contributed by atoms with E-state index in [-0.39, 0.29) is 11.8 Å². The summed E-state index contributed by atoms with van der Waals surface area (Å²) in [6.45, 7) is 7.54. The summed E-state index contributed by atoms with van der Waals surface area (Å²) in [7, 11) is -3.49. The second-order valence-corrected chi connectivity index (χ2v) is 10.3. The zero-order valence-corrected chi connectivity index (χ0v) is 18.6. The fourth-order valence-corrected chi connectivity index (χ4v) is 5.64. The molecule has 3 rings (SSSR count). The first-order valence-electron chi connectivity index (χ1n) is 11.0. The molecule has 1 N–H and O–H groups in total. The summed E-state index contributed by atoms with van der Waals surface area (Å²) >= 11 is 0. The van der Waals surface area contributed by atoms with Crippen LogP contribution in [0.5, 0.6) is 0 Å². The predicted molar refractivity (Wildman–Crippen MR) is 115 cm³/mol. The molecule has 2 unspecified atom stereocenters. The van der Waals surface area contributed by atoms with Gasteiger partial charge in [0.25, 0.3) is 0 Å². The highest BCUT2D eigenvalue weighted by atomic mass is 32.2. The molecule has 162 valence electrons. The van der Waals surface area contributed by atoms with E-state index < -0.39 is 10.0 Å². The van der Waals surface area contributed by atoms with Crippen LogP contribution in [0.25, 0.3) is 0 Å². The maximum Gasteiger partial charge on any atom is 0.240 e. The Kier molecular flexibility index (Phi) is 7.71. The molecule has 2 aliphatic rings. The molecule has 2 aliphatic heterocycles. The Morgan fingerprint density at radius 2 is 1.86 bits per heavy atom. The molecular formula is C22H35N3O3S. The number of piperidine rings is 2. The van der Waals surface area contributed by atoms with Gasteiger partial charge in [-0.25, -0.2) is 13.1 Å². The number of hydrogen-bond donors (Lipinski definition) is 1. The molecule has 6 nitrogen and oxygen atoms in total. The quantitative estimate of drug-likeness (QED) is 0.735. The minimum Gasteiger partial charge on any atom is -0.339 e. The lowest BCUT2D eigenvalue weighted by molar-refractivity contribution is -0.136. The Labute approximate surface area is 175 Å². The zero-order valence-electron chi connectivity index (χ0n) is 17.8. The fraction of sp³-hybridized carbons (Fsp3) is 0.682. The Hall–Kier alpha value is -1.44. The van der Waals surface area contributed by atoms with Gasteiger partial charge in [-0.1, -0.05) is 24.6 Å². The first-order valence-corrected chi connectivity index (χ1v) is 12.5. The van der Waals surface area contributed by atoms with Crippen molar-refractivity contribution in [3.8, 4) is 0 Å². The largest absolute Gasteiger partial charge is 0.339 e. The number of carbonyl (C=O) groups excluding carboxylic acids is 1. The van der Waals surface area contributed by atoms with E-state index in [2.05, 4.69) is 21.4 Å². The molecule has 1 aromatic rings. The van der Waals surface area contributed by atoms with Crippen molar-refractivity contribution in [2.24, 2.45) is 5.92 Å². The third-order valence-electron chi connectivity index (χ3n) is 6.27. The number of carbonyl (C=O) groups is 1. The second-order valence-electron chi connectivity index (χ2n) is 8.55. The van der Waals surface area contributed by atoms with E-state index >= 15 is 0 Å². The molecule has 0 aliphatic carbocycles. The normalized spacial score (nSPS) is 23.9. The van der Waals surface area contributed by atoms with Crippen LogP contribution in [0.3, 0.4) is 0 Å². The Balaban J connectivity index is 1.51. The third-order valence-corrected chi connectivity index (χ3v) is 7.71. The van der Waals surface area contributed by atoms with Gasteiger partial charge in [-0.3, -0.25) is 9.69 Å². The zero-order chi connectivity index (χ0) is 20.9. The summed E-state index contributed by atoms with van der Waals surface area (Å²) in [6, 6.07) is 7.30. The topological polar surface area (TPSA) is 69.7 Å². The SMILES string of the molecule is CCC1CCCCN1C(=O)CN1CCCC(CNS(=O)(=O)c2ccc(C)cc2)C1. The van der Waals surface area contributed by atoms with Crippen molar-refractivity contribution in [2.75, 3.05) is 32.7 Å². The van der Waals surface area contributed by atoms with Crippen LogP contribution < -0.4 is 4.72 Å². The van der Waals surface area contributed by atoms with Gasteiger partial charge in [0.2, 0.25) is 15.9 Å². The summed E-state index contributed by atoms with van der Waals surface area (Å²) in [6.07, 6.45) is 6.45. The van der Waals surface area contributed by atoms with Gasteiger partial charge < -0.3 is 4.90 Å². The lowest BCUT2D eigenvalue weighted by atomic mass is 9.97.